The van der Waals surface area contributed by atoms with Crippen LogP contribution in [0.25, 0.3) is 49.6 Å². The van der Waals surface area contributed by atoms with Gasteiger partial charge in [-0.25, -0.2) is 32.5 Å². The number of methoxy groups -OCH3 is 2. The first-order valence-electron chi connectivity index (χ1n) is 23.9. The molecule has 2 saturated heterocycles. The molecule has 75 heavy (non-hydrogen) atoms. The third-order valence-electron chi connectivity index (χ3n) is 13.2. The van der Waals surface area contributed by atoms with Crippen molar-refractivity contribution in [2.24, 2.45) is 0 Å². The smallest absolute Gasteiger partial charge is 0.228 e. The Morgan fingerprint density at radius 1 is 0.627 bits per heavy atom. The highest BCUT2D eigenvalue weighted by molar-refractivity contribution is 6.29. The SMILES string of the molecule is COc1cncc(-c2cnc(C3=CCOCC3)cc2Nc2c(C)c(N3CCCC3=O)nc3cc(F)cc(F)c23)c1.COc1cncc(-c2cnc(Cl)cc2Nc2c(C)c(N3CCCC3=O)nc3cc(F)cc(F)c23)c1. The van der Waals surface area contributed by atoms with Crippen molar-refractivity contribution in [3.05, 3.63) is 137 Å². The maximum absolute atomic E-state index is 15.4. The first kappa shape index (κ1) is 50.3. The Morgan fingerprint density at radius 2 is 1.13 bits per heavy atom. The van der Waals surface area contributed by atoms with E-state index in [1.54, 1.807) is 80.1 Å². The van der Waals surface area contributed by atoms with Crippen LogP contribution >= 0.6 is 11.6 Å². The molecule has 0 unspecified atom stereocenters. The molecule has 0 saturated carbocycles. The number of amides is 2. The molecule has 0 spiro atoms. The summed E-state index contributed by atoms with van der Waals surface area (Å²) in [5.41, 5.74) is 7.76. The number of ether oxygens (including phenoxy) is 3. The molecule has 8 aromatic rings. The van der Waals surface area contributed by atoms with Crippen LogP contribution in [0.4, 0.5) is 51.9 Å². The average molecular weight is 1040 g/mol. The minimum atomic E-state index is -0.776. The highest BCUT2D eigenvalue weighted by Gasteiger charge is 2.30. The molecule has 3 aliphatic heterocycles. The molecule has 6 aromatic heterocycles. The van der Waals surface area contributed by atoms with Gasteiger partial charge in [0.1, 0.15) is 51.6 Å². The summed E-state index contributed by atoms with van der Waals surface area (Å²) in [5.74, 6) is -1.33. The fourth-order valence-corrected chi connectivity index (χ4v) is 9.64. The van der Waals surface area contributed by atoms with Crippen LogP contribution in [-0.2, 0) is 14.3 Å². The molecule has 3 aliphatic rings. The number of halogens is 5. The van der Waals surface area contributed by atoms with Gasteiger partial charge in [0.15, 0.2) is 0 Å². The maximum Gasteiger partial charge on any atom is 0.228 e. The molecule has 11 rings (SSSR count). The highest BCUT2D eigenvalue weighted by Crippen LogP contribution is 2.43. The van der Waals surface area contributed by atoms with Crippen LogP contribution in [0.15, 0.2) is 91.8 Å². The van der Waals surface area contributed by atoms with Crippen molar-refractivity contribution in [1.82, 2.24) is 29.9 Å². The topological polar surface area (TPSA) is 170 Å². The number of nitrogens with zero attached hydrogens (tertiary/aromatic N) is 8. The third kappa shape index (κ3) is 10.2. The second-order valence-corrected chi connectivity index (χ2v) is 18.3. The number of carbonyl (C=O) groups is 2. The molecule has 2 fully saturated rings. The van der Waals surface area contributed by atoms with Gasteiger partial charge in [-0.05, 0) is 62.9 Å². The molecule has 0 aliphatic carbocycles. The number of aromatic nitrogens is 6. The molecule has 20 heteroatoms. The Hall–Kier alpha value is -8.29. The molecular formula is C55H47ClF4N10O5. The normalized spacial score (nSPS) is 14.5. The Bertz CT molecular complexity index is 3620. The summed E-state index contributed by atoms with van der Waals surface area (Å²) in [4.78, 5) is 54.7. The average Bonchev–Trinajstić information content (AvgIpc) is 4.05. The van der Waals surface area contributed by atoms with Crippen LogP contribution < -0.4 is 29.9 Å². The summed E-state index contributed by atoms with van der Waals surface area (Å²) in [6.45, 7) is 5.60. The van der Waals surface area contributed by atoms with E-state index < -0.39 is 23.3 Å². The molecule has 0 radical (unpaired) electrons. The third-order valence-corrected chi connectivity index (χ3v) is 13.4. The van der Waals surface area contributed by atoms with Crippen molar-refractivity contribution in [2.75, 3.05) is 61.0 Å². The second-order valence-electron chi connectivity index (χ2n) is 17.9. The van der Waals surface area contributed by atoms with Crippen molar-refractivity contribution in [3.63, 3.8) is 0 Å². The highest BCUT2D eigenvalue weighted by atomic mass is 35.5. The zero-order valence-corrected chi connectivity index (χ0v) is 41.8. The lowest BCUT2D eigenvalue weighted by atomic mass is 10.0. The summed E-state index contributed by atoms with van der Waals surface area (Å²) in [5, 5.41) is 7.14. The molecule has 9 heterocycles. The van der Waals surface area contributed by atoms with E-state index in [9.17, 15) is 18.4 Å². The summed E-state index contributed by atoms with van der Waals surface area (Å²) < 4.78 is 75.1. The van der Waals surface area contributed by atoms with E-state index in [0.717, 1.165) is 35.0 Å². The molecule has 0 bridgehead atoms. The second kappa shape index (κ2) is 21.3. The fourth-order valence-electron chi connectivity index (χ4n) is 9.48. The molecule has 2 N–H and O–H groups in total. The number of fused-ring (bicyclic) bond motifs is 2. The largest absolute Gasteiger partial charge is 0.495 e. The molecule has 0 atom stereocenters. The van der Waals surface area contributed by atoms with Gasteiger partial charge in [0.2, 0.25) is 11.8 Å². The van der Waals surface area contributed by atoms with E-state index in [4.69, 9.17) is 30.8 Å². The number of carbonyl (C=O) groups excluding carboxylic acids is 2. The van der Waals surface area contributed by atoms with E-state index >= 15 is 8.78 Å². The lowest BCUT2D eigenvalue weighted by Gasteiger charge is -2.23. The van der Waals surface area contributed by atoms with Crippen molar-refractivity contribution < 1.29 is 41.4 Å². The standard InChI is InChI=1S/C30H27F2N5O3.C25H20ClF2N5O2/c1-17-29(28-23(32)11-20(31)12-26(28)36-30(17)37-7-3-4-27(37)38)35-25-13-24(18-5-8-40-9-6-18)34-16-22(25)19-10-21(39-2)15-33-14-19;1-13-24(31-19-9-21(26)30-12-17(19)14-6-16(35-2)11-29-10-14)23-18(28)7-15(27)8-20(23)32-25(13)33-5-3-4-22(33)34/h5,10-16H,3-4,6-9H2,1-2H3,(H,34,35,36);6-12H,3-5H2,1-2H3,(H,30,31,32). The van der Waals surface area contributed by atoms with Gasteiger partial charge in [0.25, 0.3) is 0 Å². The number of nitrogens with one attached hydrogen (secondary N) is 2. The number of pyridine rings is 6. The number of anilines is 6. The van der Waals surface area contributed by atoms with Crippen LogP contribution in [0, 0.1) is 37.1 Å². The minimum absolute atomic E-state index is 0.0708. The number of rotatable bonds is 11. The van der Waals surface area contributed by atoms with E-state index in [2.05, 4.69) is 35.6 Å². The predicted molar refractivity (Wildman–Crippen MR) is 279 cm³/mol. The van der Waals surface area contributed by atoms with Crippen LogP contribution in [-0.4, -0.2) is 82.2 Å². The van der Waals surface area contributed by atoms with Gasteiger partial charge < -0.3 is 24.8 Å². The summed E-state index contributed by atoms with van der Waals surface area (Å²) in [6.07, 6.45) is 14.7. The Kier molecular flexibility index (Phi) is 14.3. The molecule has 2 aromatic carbocycles. The molecular weight excluding hydrogens is 992 g/mol. The molecule has 2 amide bonds. The minimum Gasteiger partial charge on any atom is -0.495 e. The predicted octanol–water partition coefficient (Wildman–Crippen LogP) is 11.8. The summed E-state index contributed by atoms with van der Waals surface area (Å²) in [6, 6.07) is 11.1. The Labute approximate surface area is 432 Å². The lowest BCUT2D eigenvalue weighted by Crippen LogP contribution is -2.26. The molecule has 15 nitrogen and oxygen atoms in total. The Balaban J connectivity index is 0.000000173. The van der Waals surface area contributed by atoms with E-state index in [1.165, 1.54) is 13.2 Å². The lowest BCUT2D eigenvalue weighted by molar-refractivity contribution is -0.117. The fraction of sp³-hybridized carbons (Fsp3) is 0.236. The Morgan fingerprint density at radius 3 is 1.60 bits per heavy atom. The monoisotopic (exact) mass is 1040 g/mol. The van der Waals surface area contributed by atoms with Gasteiger partial charge in [0.05, 0.1) is 90.1 Å². The first-order chi connectivity index (χ1) is 36.3. The summed E-state index contributed by atoms with van der Waals surface area (Å²) >= 11 is 6.21. The van der Waals surface area contributed by atoms with Gasteiger partial charge in [-0.15, -0.1) is 0 Å². The first-order valence-corrected chi connectivity index (χ1v) is 24.3. The van der Waals surface area contributed by atoms with Crippen LogP contribution in [0.3, 0.4) is 0 Å². The van der Waals surface area contributed by atoms with E-state index in [0.29, 0.717) is 132 Å². The number of hydrogen-bond acceptors (Lipinski definition) is 13. The molecule has 382 valence electrons. The van der Waals surface area contributed by atoms with Gasteiger partial charge >= 0.3 is 0 Å². The van der Waals surface area contributed by atoms with Crippen LogP contribution in [0.1, 0.15) is 48.9 Å². The maximum atomic E-state index is 15.4. The van der Waals surface area contributed by atoms with Crippen LogP contribution in [0.5, 0.6) is 11.5 Å². The van der Waals surface area contributed by atoms with Gasteiger partial charge in [-0.3, -0.25) is 34.3 Å². The zero-order valence-electron chi connectivity index (χ0n) is 41.0. The van der Waals surface area contributed by atoms with Crippen molar-refractivity contribution >= 4 is 85.2 Å². The van der Waals surface area contributed by atoms with E-state index in [1.807, 2.05) is 18.2 Å². The van der Waals surface area contributed by atoms with Gasteiger partial charge in [-0.1, -0.05) is 17.7 Å². The zero-order chi connectivity index (χ0) is 52.5. The quantitative estimate of drug-likeness (QED) is 0.0928. The van der Waals surface area contributed by atoms with Crippen LogP contribution in [0.2, 0.25) is 5.15 Å². The summed E-state index contributed by atoms with van der Waals surface area (Å²) in [7, 11) is 3.10. The number of hydrogen-bond donors (Lipinski definition) is 2. The van der Waals surface area contributed by atoms with Crippen molar-refractivity contribution in [2.45, 2.75) is 46.0 Å². The number of benzene rings is 2. The van der Waals surface area contributed by atoms with Gasteiger partial charge in [-0.2, -0.15) is 0 Å². The van der Waals surface area contributed by atoms with E-state index in [-0.39, 0.29) is 38.8 Å². The van der Waals surface area contributed by atoms with Crippen molar-refractivity contribution in [1.29, 1.82) is 0 Å². The van der Waals surface area contributed by atoms with Gasteiger partial charge in [0, 0.05) is 108 Å². The van der Waals surface area contributed by atoms with Crippen molar-refractivity contribution in [3.8, 4) is 33.8 Å².